The molecule has 1 saturated heterocycles. The minimum Gasteiger partial charge on any atom is -0.508 e. The highest BCUT2D eigenvalue weighted by atomic mass is 16.3. The Labute approximate surface area is 128 Å². The molecule has 0 radical (unpaired) electrons. The molecule has 3 heteroatoms. The third kappa shape index (κ3) is 3.41. The van der Waals surface area contributed by atoms with Gasteiger partial charge >= 0.3 is 0 Å². The molecule has 0 bridgehead atoms. The van der Waals surface area contributed by atoms with Crippen LogP contribution in [0, 0.1) is 5.92 Å². The number of aryl methyl sites for hydroxylation is 1. The van der Waals surface area contributed by atoms with Gasteiger partial charge in [0.15, 0.2) is 0 Å². The minimum absolute atomic E-state index is 0.413. The Balaban J connectivity index is 1.67. The van der Waals surface area contributed by atoms with Gasteiger partial charge in [0.05, 0.1) is 0 Å². The lowest BCUT2D eigenvalue weighted by molar-refractivity contribution is 0.0817. The minimum atomic E-state index is 0.413. The number of phenolic OH excluding ortho intramolecular Hbond substituents is 1. The van der Waals surface area contributed by atoms with Gasteiger partial charge in [0.1, 0.15) is 5.75 Å². The van der Waals surface area contributed by atoms with Crippen LogP contribution in [0.4, 0.5) is 0 Å². The maximum Gasteiger partial charge on any atom is 0.115 e. The number of benzene rings is 1. The lowest BCUT2D eigenvalue weighted by atomic mass is 9.86. The SMILES string of the molecule is CC(C)CN1CCN(C2CCCc3cc(O)ccc32)CC1. The van der Waals surface area contributed by atoms with Gasteiger partial charge in [-0.25, -0.2) is 0 Å². The van der Waals surface area contributed by atoms with Crippen LogP contribution >= 0.6 is 0 Å². The quantitative estimate of drug-likeness (QED) is 0.926. The van der Waals surface area contributed by atoms with E-state index >= 15 is 0 Å². The number of hydrogen-bond donors (Lipinski definition) is 1. The molecule has 0 saturated carbocycles. The van der Waals surface area contributed by atoms with E-state index in [0.717, 1.165) is 12.3 Å². The van der Waals surface area contributed by atoms with Crippen LogP contribution < -0.4 is 0 Å². The van der Waals surface area contributed by atoms with Crippen molar-refractivity contribution in [3.63, 3.8) is 0 Å². The maximum atomic E-state index is 9.68. The molecule has 21 heavy (non-hydrogen) atoms. The summed E-state index contributed by atoms with van der Waals surface area (Å²) in [5.74, 6) is 1.17. The van der Waals surface area contributed by atoms with Crippen molar-refractivity contribution in [2.45, 2.75) is 39.2 Å². The van der Waals surface area contributed by atoms with Crippen molar-refractivity contribution in [3.05, 3.63) is 29.3 Å². The smallest absolute Gasteiger partial charge is 0.115 e. The third-order valence-corrected chi connectivity index (χ3v) is 4.88. The van der Waals surface area contributed by atoms with Crippen LogP contribution in [0.15, 0.2) is 18.2 Å². The van der Waals surface area contributed by atoms with Crippen molar-refractivity contribution in [3.8, 4) is 5.75 Å². The van der Waals surface area contributed by atoms with Gasteiger partial charge in [-0.2, -0.15) is 0 Å². The van der Waals surface area contributed by atoms with Crippen LogP contribution in [0.5, 0.6) is 5.75 Å². The van der Waals surface area contributed by atoms with E-state index in [1.807, 2.05) is 12.1 Å². The molecule has 1 atom stereocenters. The third-order valence-electron chi connectivity index (χ3n) is 4.88. The van der Waals surface area contributed by atoms with Crippen molar-refractivity contribution in [2.24, 2.45) is 5.92 Å². The van der Waals surface area contributed by atoms with Gasteiger partial charge < -0.3 is 10.0 Å². The maximum absolute atomic E-state index is 9.68. The highest BCUT2D eigenvalue weighted by molar-refractivity contribution is 5.38. The molecule has 116 valence electrons. The first-order valence-electron chi connectivity index (χ1n) is 8.41. The topological polar surface area (TPSA) is 26.7 Å². The lowest BCUT2D eigenvalue weighted by Gasteiger charge is -2.42. The Hall–Kier alpha value is -1.06. The summed E-state index contributed by atoms with van der Waals surface area (Å²) in [7, 11) is 0. The first-order valence-corrected chi connectivity index (χ1v) is 8.41. The standard InChI is InChI=1S/C18H28N2O/c1-14(2)13-19-8-10-20(11-9-19)18-5-3-4-15-12-16(21)6-7-17(15)18/h6-7,12,14,18,21H,3-5,8-11,13H2,1-2H3. The Kier molecular flexibility index (Phi) is 4.51. The molecular formula is C18H28N2O. The van der Waals surface area contributed by atoms with E-state index in [0.29, 0.717) is 11.8 Å². The van der Waals surface area contributed by atoms with Crippen LogP contribution in [0.1, 0.15) is 43.9 Å². The van der Waals surface area contributed by atoms with Crippen LogP contribution in [-0.2, 0) is 6.42 Å². The fraction of sp³-hybridized carbons (Fsp3) is 0.667. The average molecular weight is 288 g/mol. The molecular weight excluding hydrogens is 260 g/mol. The van der Waals surface area contributed by atoms with Gasteiger partial charge in [0.2, 0.25) is 0 Å². The molecule has 2 aliphatic rings. The average Bonchev–Trinajstić information content (AvgIpc) is 2.46. The number of fused-ring (bicyclic) bond motifs is 1. The predicted octanol–water partition coefficient (Wildman–Crippen LogP) is 3.04. The van der Waals surface area contributed by atoms with Crippen LogP contribution in [0.25, 0.3) is 0 Å². The second-order valence-corrected chi connectivity index (χ2v) is 7.02. The predicted molar refractivity (Wildman–Crippen MR) is 86.6 cm³/mol. The highest BCUT2D eigenvalue weighted by Crippen LogP contribution is 2.36. The van der Waals surface area contributed by atoms with Crippen molar-refractivity contribution in [2.75, 3.05) is 32.7 Å². The largest absolute Gasteiger partial charge is 0.508 e. The molecule has 0 aromatic heterocycles. The normalized spacial score (nSPS) is 24.2. The van der Waals surface area contributed by atoms with Gasteiger partial charge in [-0.1, -0.05) is 19.9 Å². The molecule has 3 nitrogen and oxygen atoms in total. The Bertz CT molecular complexity index is 478. The van der Waals surface area contributed by atoms with Gasteiger partial charge in [-0.3, -0.25) is 4.90 Å². The van der Waals surface area contributed by atoms with Crippen LogP contribution in [0.2, 0.25) is 0 Å². The second-order valence-electron chi connectivity index (χ2n) is 7.02. The van der Waals surface area contributed by atoms with Gasteiger partial charge in [0, 0.05) is 38.8 Å². The molecule has 1 unspecified atom stereocenters. The summed E-state index contributed by atoms with van der Waals surface area (Å²) in [6, 6.07) is 6.54. The van der Waals surface area contributed by atoms with E-state index in [9.17, 15) is 5.11 Å². The van der Waals surface area contributed by atoms with E-state index in [1.54, 1.807) is 0 Å². The molecule has 1 N–H and O–H groups in total. The van der Waals surface area contributed by atoms with E-state index < -0.39 is 0 Å². The van der Waals surface area contributed by atoms with E-state index in [4.69, 9.17) is 0 Å². The summed E-state index contributed by atoms with van der Waals surface area (Å²) >= 11 is 0. The van der Waals surface area contributed by atoms with Crippen LogP contribution in [0.3, 0.4) is 0 Å². The Morgan fingerprint density at radius 1 is 1.19 bits per heavy atom. The van der Waals surface area contributed by atoms with E-state index in [1.165, 1.54) is 56.7 Å². The van der Waals surface area contributed by atoms with Gasteiger partial charge in [-0.05, 0) is 48.4 Å². The molecule has 1 heterocycles. The number of aromatic hydroxyl groups is 1. The molecule has 1 fully saturated rings. The number of phenols is 1. The number of piperazine rings is 1. The summed E-state index contributed by atoms with van der Waals surface area (Å²) < 4.78 is 0. The lowest BCUT2D eigenvalue weighted by Crippen LogP contribution is -2.48. The molecule has 1 aliphatic heterocycles. The number of rotatable bonds is 3. The Morgan fingerprint density at radius 2 is 1.95 bits per heavy atom. The summed E-state index contributed by atoms with van der Waals surface area (Å²) in [5.41, 5.74) is 2.81. The summed E-state index contributed by atoms with van der Waals surface area (Å²) in [5, 5.41) is 9.68. The van der Waals surface area contributed by atoms with Crippen LogP contribution in [-0.4, -0.2) is 47.6 Å². The van der Waals surface area contributed by atoms with Gasteiger partial charge in [-0.15, -0.1) is 0 Å². The summed E-state index contributed by atoms with van der Waals surface area (Å²) in [6.45, 7) is 10.6. The van der Waals surface area contributed by atoms with E-state index in [-0.39, 0.29) is 0 Å². The molecule has 0 amide bonds. The number of nitrogens with zero attached hydrogens (tertiary/aromatic N) is 2. The van der Waals surface area contributed by atoms with Crippen molar-refractivity contribution in [1.29, 1.82) is 0 Å². The summed E-state index contributed by atoms with van der Waals surface area (Å²) in [6.07, 6.45) is 3.63. The fourth-order valence-electron chi connectivity index (χ4n) is 3.93. The zero-order chi connectivity index (χ0) is 14.8. The second kappa shape index (κ2) is 6.37. The zero-order valence-electron chi connectivity index (χ0n) is 13.4. The fourth-order valence-corrected chi connectivity index (χ4v) is 3.93. The molecule has 1 aliphatic carbocycles. The van der Waals surface area contributed by atoms with E-state index in [2.05, 4.69) is 29.7 Å². The molecule has 0 spiro atoms. The zero-order valence-corrected chi connectivity index (χ0v) is 13.4. The highest BCUT2D eigenvalue weighted by Gasteiger charge is 2.28. The first kappa shape index (κ1) is 14.9. The Morgan fingerprint density at radius 3 is 2.67 bits per heavy atom. The molecule has 3 rings (SSSR count). The monoisotopic (exact) mass is 288 g/mol. The molecule has 1 aromatic carbocycles. The van der Waals surface area contributed by atoms with Crippen molar-refractivity contribution >= 4 is 0 Å². The van der Waals surface area contributed by atoms with Crippen molar-refractivity contribution in [1.82, 2.24) is 9.80 Å². The van der Waals surface area contributed by atoms with Gasteiger partial charge in [0.25, 0.3) is 0 Å². The number of hydrogen-bond acceptors (Lipinski definition) is 3. The molecule has 1 aromatic rings. The summed E-state index contributed by atoms with van der Waals surface area (Å²) in [4.78, 5) is 5.26. The first-order chi connectivity index (χ1) is 10.1. The van der Waals surface area contributed by atoms with Crippen molar-refractivity contribution < 1.29 is 5.11 Å².